The molecule has 0 atom stereocenters. The van der Waals surface area contributed by atoms with Crippen LogP contribution in [0.4, 0.5) is 0 Å². The van der Waals surface area contributed by atoms with Crippen molar-refractivity contribution in [3.05, 3.63) is 27.7 Å². The highest BCUT2D eigenvalue weighted by molar-refractivity contribution is 7.09. The molecule has 2 rings (SSSR count). The molecule has 6 nitrogen and oxygen atoms in total. The van der Waals surface area contributed by atoms with Crippen LogP contribution in [0.1, 0.15) is 40.5 Å². The maximum atomic E-state index is 11.8. The zero-order chi connectivity index (χ0) is 13.0. The zero-order valence-electron chi connectivity index (χ0n) is 10.4. The molecule has 2 aromatic heterocycles. The molecular weight excluding hydrogens is 250 g/mol. The number of amides is 1. The number of nitrogens with one attached hydrogen (secondary N) is 2. The number of aromatic amines is 1. The number of H-pyrrole nitrogens is 1. The molecule has 0 fully saturated rings. The quantitative estimate of drug-likeness (QED) is 0.857. The second-order valence-corrected chi connectivity index (χ2v) is 4.96. The number of carbonyl (C=O) groups is 1. The minimum Gasteiger partial charge on any atom is -0.344 e. The largest absolute Gasteiger partial charge is 0.344 e. The van der Waals surface area contributed by atoms with Gasteiger partial charge in [0, 0.05) is 11.8 Å². The van der Waals surface area contributed by atoms with Crippen LogP contribution in [0.2, 0.25) is 0 Å². The van der Waals surface area contributed by atoms with Gasteiger partial charge < -0.3 is 5.32 Å². The first-order chi connectivity index (χ1) is 8.69. The first-order valence-electron chi connectivity index (χ1n) is 5.79. The van der Waals surface area contributed by atoms with E-state index in [0.29, 0.717) is 6.54 Å². The van der Waals surface area contributed by atoms with Crippen LogP contribution >= 0.6 is 11.3 Å². The number of hydrogen-bond acceptors (Lipinski definition) is 5. The third-order valence-electron chi connectivity index (χ3n) is 2.32. The predicted molar refractivity (Wildman–Crippen MR) is 68.4 cm³/mol. The highest BCUT2D eigenvalue weighted by Crippen LogP contribution is 2.07. The van der Waals surface area contributed by atoms with Gasteiger partial charge in [-0.25, -0.2) is 9.97 Å². The lowest BCUT2D eigenvalue weighted by Crippen LogP contribution is -2.24. The van der Waals surface area contributed by atoms with Crippen LogP contribution in [0.25, 0.3) is 0 Å². The van der Waals surface area contributed by atoms with Gasteiger partial charge in [0.15, 0.2) is 0 Å². The Labute approximate surface area is 109 Å². The molecule has 0 saturated heterocycles. The molecule has 0 aliphatic carbocycles. The van der Waals surface area contributed by atoms with E-state index in [1.807, 2.05) is 19.2 Å². The summed E-state index contributed by atoms with van der Waals surface area (Å²) in [5.74, 6) is 0.650. The molecule has 0 saturated carbocycles. The van der Waals surface area contributed by atoms with E-state index in [9.17, 15) is 4.79 Å². The molecule has 0 aliphatic heterocycles. The number of thiazole rings is 1. The normalized spacial score (nSPS) is 10.6. The van der Waals surface area contributed by atoms with Crippen LogP contribution in [0, 0.1) is 6.92 Å². The van der Waals surface area contributed by atoms with Gasteiger partial charge in [0.2, 0.25) is 5.82 Å². The van der Waals surface area contributed by atoms with Gasteiger partial charge in [-0.2, -0.15) is 0 Å². The van der Waals surface area contributed by atoms with E-state index in [-0.39, 0.29) is 11.7 Å². The highest BCUT2D eigenvalue weighted by atomic mass is 32.1. The first-order valence-corrected chi connectivity index (χ1v) is 6.67. The zero-order valence-corrected chi connectivity index (χ0v) is 11.2. The van der Waals surface area contributed by atoms with Gasteiger partial charge in [-0.1, -0.05) is 6.92 Å². The Morgan fingerprint density at radius 1 is 1.50 bits per heavy atom. The van der Waals surface area contributed by atoms with Crippen molar-refractivity contribution in [2.24, 2.45) is 0 Å². The summed E-state index contributed by atoms with van der Waals surface area (Å²) in [6.45, 7) is 4.38. The van der Waals surface area contributed by atoms with E-state index < -0.39 is 0 Å². The first kappa shape index (κ1) is 12.7. The molecule has 2 aromatic rings. The number of aryl methyl sites for hydroxylation is 2. The lowest BCUT2D eigenvalue weighted by Gasteiger charge is -1.98. The third-order valence-corrected chi connectivity index (χ3v) is 3.14. The van der Waals surface area contributed by atoms with Crippen LogP contribution < -0.4 is 5.32 Å². The van der Waals surface area contributed by atoms with Crippen molar-refractivity contribution in [2.45, 2.75) is 33.2 Å². The molecule has 2 N–H and O–H groups in total. The molecular formula is C11H15N5OS. The van der Waals surface area contributed by atoms with Gasteiger partial charge in [-0.3, -0.25) is 9.89 Å². The third kappa shape index (κ3) is 3.13. The Bertz CT molecular complexity index is 533. The van der Waals surface area contributed by atoms with Gasteiger partial charge in [-0.05, 0) is 13.3 Å². The summed E-state index contributed by atoms with van der Waals surface area (Å²) in [5.41, 5.74) is 0.857. The van der Waals surface area contributed by atoms with Crippen molar-refractivity contribution in [1.82, 2.24) is 25.5 Å². The number of nitrogens with zero attached hydrogens (tertiary/aromatic N) is 3. The minimum atomic E-state index is -0.278. The molecule has 0 spiro atoms. The van der Waals surface area contributed by atoms with E-state index in [4.69, 9.17) is 0 Å². The number of carbonyl (C=O) groups excluding carboxylic acids is 1. The highest BCUT2D eigenvalue weighted by Gasteiger charge is 2.12. The van der Waals surface area contributed by atoms with Gasteiger partial charge in [0.05, 0.1) is 17.2 Å². The van der Waals surface area contributed by atoms with Gasteiger partial charge >= 0.3 is 0 Å². The Balaban J connectivity index is 1.90. The molecule has 96 valence electrons. The van der Waals surface area contributed by atoms with E-state index in [0.717, 1.165) is 29.4 Å². The number of aromatic nitrogens is 4. The Kier molecular flexibility index (Phi) is 4.03. The van der Waals surface area contributed by atoms with Crippen molar-refractivity contribution in [3.8, 4) is 0 Å². The Hall–Kier alpha value is -1.76. The average molecular weight is 265 g/mol. The smallest absolute Gasteiger partial charge is 0.291 e. The number of hydrogen-bond donors (Lipinski definition) is 2. The summed E-state index contributed by atoms with van der Waals surface area (Å²) >= 11 is 1.56. The predicted octanol–water partition coefficient (Wildman–Crippen LogP) is 1.45. The molecule has 7 heteroatoms. The molecule has 2 heterocycles. The summed E-state index contributed by atoms with van der Waals surface area (Å²) in [6, 6.07) is 0. The molecule has 1 amide bonds. The standard InChI is InChI=1S/C11H15N5OS/c1-3-4-9-14-10(16-15-9)11(17)12-5-8-6-18-7(2)13-8/h6H,3-5H2,1-2H3,(H,12,17)(H,14,15,16). The van der Waals surface area contributed by atoms with Crippen LogP contribution in [-0.4, -0.2) is 26.1 Å². The Morgan fingerprint density at radius 3 is 3.00 bits per heavy atom. The minimum absolute atomic E-state index is 0.186. The lowest BCUT2D eigenvalue weighted by atomic mass is 10.3. The maximum absolute atomic E-state index is 11.8. The monoisotopic (exact) mass is 265 g/mol. The second-order valence-electron chi connectivity index (χ2n) is 3.90. The molecule has 18 heavy (non-hydrogen) atoms. The van der Waals surface area contributed by atoms with E-state index in [2.05, 4.69) is 25.5 Å². The van der Waals surface area contributed by atoms with E-state index in [1.54, 1.807) is 11.3 Å². The summed E-state index contributed by atoms with van der Waals surface area (Å²) < 4.78 is 0. The number of rotatable bonds is 5. The summed E-state index contributed by atoms with van der Waals surface area (Å²) in [5, 5.41) is 12.3. The van der Waals surface area contributed by atoms with Crippen LogP contribution in [0.3, 0.4) is 0 Å². The van der Waals surface area contributed by atoms with Gasteiger partial charge in [0.1, 0.15) is 5.82 Å². The van der Waals surface area contributed by atoms with E-state index >= 15 is 0 Å². The Morgan fingerprint density at radius 2 is 2.33 bits per heavy atom. The topological polar surface area (TPSA) is 83.6 Å². The lowest BCUT2D eigenvalue weighted by molar-refractivity contribution is 0.0940. The van der Waals surface area contributed by atoms with Crippen molar-refractivity contribution >= 4 is 17.2 Å². The fourth-order valence-corrected chi connectivity index (χ4v) is 2.10. The summed E-state index contributed by atoms with van der Waals surface area (Å²) in [6.07, 6.45) is 1.76. The maximum Gasteiger partial charge on any atom is 0.291 e. The van der Waals surface area contributed by atoms with Crippen molar-refractivity contribution in [3.63, 3.8) is 0 Å². The van der Waals surface area contributed by atoms with Crippen molar-refractivity contribution in [2.75, 3.05) is 0 Å². The molecule has 0 aliphatic rings. The second kappa shape index (κ2) is 5.72. The summed E-state index contributed by atoms with van der Waals surface area (Å²) in [4.78, 5) is 20.1. The van der Waals surface area contributed by atoms with Gasteiger partial charge in [-0.15, -0.1) is 16.4 Å². The van der Waals surface area contributed by atoms with Crippen LogP contribution in [0.5, 0.6) is 0 Å². The molecule has 0 aromatic carbocycles. The van der Waals surface area contributed by atoms with Crippen LogP contribution in [-0.2, 0) is 13.0 Å². The fourth-order valence-electron chi connectivity index (χ4n) is 1.48. The summed E-state index contributed by atoms with van der Waals surface area (Å²) in [7, 11) is 0. The van der Waals surface area contributed by atoms with Gasteiger partial charge in [0.25, 0.3) is 5.91 Å². The molecule has 0 unspecified atom stereocenters. The van der Waals surface area contributed by atoms with E-state index in [1.165, 1.54) is 0 Å². The van der Waals surface area contributed by atoms with Crippen molar-refractivity contribution in [1.29, 1.82) is 0 Å². The molecule has 0 bridgehead atoms. The fraction of sp³-hybridized carbons (Fsp3) is 0.455. The average Bonchev–Trinajstić information content (AvgIpc) is 2.96. The van der Waals surface area contributed by atoms with Crippen molar-refractivity contribution < 1.29 is 4.79 Å². The molecule has 0 radical (unpaired) electrons. The van der Waals surface area contributed by atoms with Crippen LogP contribution in [0.15, 0.2) is 5.38 Å². The SMILES string of the molecule is CCCc1nc(C(=O)NCc2csc(C)n2)n[nH]1.